The van der Waals surface area contributed by atoms with Gasteiger partial charge in [0.25, 0.3) is 11.7 Å². The molecule has 0 bridgehead atoms. The Bertz CT molecular complexity index is 869. The van der Waals surface area contributed by atoms with Gasteiger partial charge in [-0.3, -0.25) is 4.79 Å². The lowest BCUT2D eigenvalue weighted by Crippen LogP contribution is -2.11. The molecule has 0 aliphatic carbocycles. The molecule has 0 saturated carbocycles. The number of benzene rings is 2. The van der Waals surface area contributed by atoms with Gasteiger partial charge in [-0.25, -0.2) is 4.68 Å². The molecular formula is C17H12ClF2N3OS. The minimum absolute atomic E-state index is 0.188. The summed E-state index contributed by atoms with van der Waals surface area (Å²) < 4.78 is 26.1. The van der Waals surface area contributed by atoms with E-state index in [9.17, 15) is 13.6 Å². The van der Waals surface area contributed by atoms with Crippen LogP contribution in [0.1, 0.15) is 10.4 Å². The molecule has 128 valence electrons. The Hall–Kier alpha value is -2.38. The molecule has 1 aromatic heterocycles. The van der Waals surface area contributed by atoms with Crippen molar-refractivity contribution >= 4 is 35.0 Å². The van der Waals surface area contributed by atoms with Gasteiger partial charge in [-0.2, -0.15) is 13.9 Å². The maximum Gasteiger partial charge on any atom is 0.288 e. The number of rotatable bonds is 5. The van der Waals surface area contributed by atoms with Crippen LogP contribution >= 0.6 is 23.4 Å². The topological polar surface area (TPSA) is 46.9 Å². The van der Waals surface area contributed by atoms with Crippen molar-refractivity contribution in [1.82, 2.24) is 9.78 Å². The van der Waals surface area contributed by atoms with Crippen LogP contribution in [0, 0.1) is 0 Å². The van der Waals surface area contributed by atoms with Crippen LogP contribution in [-0.4, -0.2) is 21.4 Å². The molecular weight excluding hydrogens is 368 g/mol. The number of hydrogen-bond acceptors (Lipinski definition) is 3. The van der Waals surface area contributed by atoms with Crippen LogP contribution in [0.25, 0.3) is 5.69 Å². The number of nitrogens with zero attached hydrogens (tertiary/aromatic N) is 2. The lowest BCUT2D eigenvalue weighted by Gasteiger charge is -2.06. The molecule has 3 aromatic rings. The third kappa shape index (κ3) is 4.18. The number of alkyl halides is 2. The van der Waals surface area contributed by atoms with Crippen LogP contribution in [0.15, 0.2) is 65.7 Å². The number of nitrogens with one attached hydrogen (secondary N) is 1. The Morgan fingerprint density at radius 1 is 1.12 bits per heavy atom. The van der Waals surface area contributed by atoms with Gasteiger partial charge in [0, 0.05) is 10.6 Å². The van der Waals surface area contributed by atoms with E-state index in [1.165, 1.54) is 23.0 Å². The molecule has 25 heavy (non-hydrogen) atoms. The second kappa shape index (κ2) is 7.67. The molecule has 0 fully saturated rings. The molecule has 1 amide bonds. The molecule has 0 saturated heterocycles. The van der Waals surface area contributed by atoms with E-state index in [-0.39, 0.29) is 10.7 Å². The van der Waals surface area contributed by atoms with Crippen LogP contribution in [0.4, 0.5) is 14.5 Å². The molecule has 0 aliphatic rings. The molecule has 2 aromatic carbocycles. The van der Waals surface area contributed by atoms with E-state index >= 15 is 0 Å². The van der Waals surface area contributed by atoms with E-state index < -0.39 is 11.7 Å². The molecule has 0 aliphatic heterocycles. The standard InChI is InChI=1S/C17H12ClF2N3OS/c18-15-14(10-21-23(15)12-4-2-1-3-5-12)16(24)22-11-6-8-13(9-7-11)25-17(19)20/h1-10,17H,(H,22,24). The van der Waals surface area contributed by atoms with Gasteiger partial charge in [0.05, 0.1) is 17.4 Å². The van der Waals surface area contributed by atoms with Crippen LogP contribution in [0.2, 0.25) is 5.15 Å². The number of aromatic nitrogens is 2. The highest BCUT2D eigenvalue weighted by Crippen LogP contribution is 2.27. The molecule has 8 heteroatoms. The largest absolute Gasteiger partial charge is 0.322 e. The van der Waals surface area contributed by atoms with E-state index in [4.69, 9.17) is 11.6 Å². The normalized spacial score (nSPS) is 10.9. The van der Waals surface area contributed by atoms with E-state index in [2.05, 4.69) is 10.4 Å². The minimum Gasteiger partial charge on any atom is -0.322 e. The Morgan fingerprint density at radius 2 is 1.80 bits per heavy atom. The van der Waals surface area contributed by atoms with Crippen molar-refractivity contribution in [3.05, 3.63) is 71.5 Å². The maximum atomic E-state index is 12.4. The van der Waals surface area contributed by atoms with Gasteiger partial charge in [-0.05, 0) is 36.4 Å². The first-order valence-corrected chi connectivity index (χ1v) is 8.45. The van der Waals surface area contributed by atoms with Crippen molar-refractivity contribution in [1.29, 1.82) is 0 Å². The van der Waals surface area contributed by atoms with Gasteiger partial charge in [0.1, 0.15) is 5.15 Å². The first-order chi connectivity index (χ1) is 12.0. The Balaban J connectivity index is 1.75. The molecule has 0 spiro atoms. The third-order valence-electron chi connectivity index (χ3n) is 3.29. The van der Waals surface area contributed by atoms with Crippen molar-refractivity contribution in [2.75, 3.05) is 5.32 Å². The van der Waals surface area contributed by atoms with Crippen molar-refractivity contribution in [3.8, 4) is 5.69 Å². The summed E-state index contributed by atoms with van der Waals surface area (Å²) in [6, 6.07) is 15.3. The summed E-state index contributed by atoms with van der Waals surface area (Å²) in [6.07, 6.45) is 1.38. The first kappa shape index (κ1) is 17.4. The molecule has 4 nitrogen and oxygen atoms in total. The lowest BCUT2D eigenvalue weighted by atomic mass is 10.3. The van der Waals surface area contributed by atoms with Gasteiger partial charge in [-0.1, -0.05) is 41.6 Å². The molecule has 0 unspecified atom stereocenters. The van der Waals surface area contributed by atoms with E-state index in [0.717, 1.165) is 5.69 Å². The van der Waals surface area contributed by atoms with Crippen LogP contribution in [-0.2, 0) is 0 Å². The molecule has 0 radical (unpaired) electrons. The van der Waals surface area contributed by atoms with E-state index in [1.54, 1.807) is 12.1 Å². The molecule has 1 heterocycles. The maximum absolute atomic E-state index is 12.4. The quantitative estimate of drug-likeness (QED) is 0.628. The van der Waals surface area contributed by atoms with Gasteiger partial charge < -0.3 is 5.32 Å². The zero-order valence-electron chi connectivity index (χ0n) is 12.7. The average molecular weight is 380 g/mol. The summed E-state index contributed by atoms with van der Waals surface area (Å²) in [6.45, 7) is 0. The lowest BCUT2D eigenvalue weighted by molar-refractivity contribution is 0.102. The summed E-state index contributed by atoms with van der Waals surface area (Å²) in [7, 11) is 0. The first-order valence-electron chi connectivity index (χ1n) is 7.20. The fraction of sp³-hybridized carbons (Fsp3) is 0.0588. The number of halogens is 3. The summed E-state index contributed by atoms with van der Waals surface area (Å²) in [5.41, 5.74) is 1.43. The van der Waals surface area contributed by atoms with Gasteiger partial charge in [0.2, 0.25) is 0 Å². The smallest absolute Gasteiger partial charge is 0.288 e. The number of amides is 1. The minimum atomic E-state index is -2.48. The number of carbonyl (C=O) groups is 1. The van der Waals surface area contributed by atoms with Crippen molar-refractivity contribution < 1.29 is 13.6 Å². The Morgan fingerprint density at radius 3 is 2.44 bits per heavy atom. The van der Waals surface area contributed by atoms with Crippen molar-refractivity contribution in [2.24, 2.45) is 0 Å². The second-order valence-corrected chi connectivity index (χ2v) is 6.37. The third-order valence-corrected chi connectivity index (χ3v) is 4.38. The van der Waals surface area contributed by atoms with Gasteiger partial charge >= 0.3 is 0 Å². The predicted molar refractivity (Wildman–Crippen MR) is 94.8 cm³/mol. The van der Waals surface area contributed by atoms with Crippen molar-refractivity contribution in [3.63, 3.8) is 0 Å². The Labute approximate surface area is 151 Å². The fourth-order valence-corrected chi connectivity index (χ4v) is 2.93. The second-order valence-electron chi connectivity index (χ2n) is 4.95. The van der Waals surface area contributed by atoms with E-state index in [1.807, 2.05) is 30.3 Å². The SMILES string of the molecule is O=C(Nc1ccc(SC(F)F)cc1)c1cnn(-c2ccccc2)c1Cl. The highest BCUT2D eigenvalue weighted by atomic mass is 35.5. The fourth-order valence-electron chi connectivity index (χ4n) is 2.15. The number of anilines is 1. The summed E-state index contributed by atoms with van der Waals surface area (Å²) in [4.78, 5) is 12.8. The average Bonchev–Trinajstić information content (AvgIpc) is 2.98. The summed E-state index contributed by atoms with van der Waals surface area (Å²) in [5.74, 6) is -2.91. The molecule has 3 rings (SSSR count). The highest BCUT2D eigenvalue weighted by molar-refractivity contribution is 7.99. The van der Waals surface area contributed by atoms with Gasteiger partial charge in [-0.15, -0.1) is 0 Å². The van der Waals surface area contributed by atoms with E-state index in [0.29, 0.717) is 22.3 Å². The number of para-hydroxylation sites is 1. The van der Waals surface area contributed by atoms with Crippen LogP contribution in [0.3, 0.4) is 0 Å². The molecule has 1 N–H and O–H groups in total. The van der Waals surface area contributed by atoms with Crippen LogP contribution in [0.5, 0.6) is 0 Å². The molecule has 0 atom stereocenters. The summed E-state index contributed by atoms with van der Waals surface area (Å²) in [5, 5.41) is 6.99. The predicted octanol–water partition coefficient (Wildman–Crippen LogP) is 5.09. The zero-order chi connectivity index (χ0) is 17.8. The van der Waals surface area contributed by atoms with Crippen LogP contribution < -0.4 is 5.32 Å². The highest BCUT2D eigenvalue weighted by Gasteiger charge is 2.17. The van der Waals surface area contributed by atoms with Crippen molar-refractivity contribution in [2.45, 2.75) is 10.7 Å². The monoisotopic (exact) mass is 379 g/mol. The zero-order valence-corrected chi connectivity index (χ0v) is 14.3. The number of hydrogen-bond donors (Lipinski definition) is 1. The summed E-state index contributed by atoms with van der Waals surface area (Å²) >= 11 is 6.70. The Kier molecular flexibility index (Phi) is 5.35. The number of carbonyl (C=O) groups excluding carboxylic acids is 1. The van der Waals surface area contributed by atoms with Gasteiger partial charge in [0.15, 0.2) is 0 Å². The number of thioether (sulfide) groups is 1.